The molecule has 0 saturated heterocycles. The van der Waals surface area contributed by atoms with Gasteiger partial charge in [0, 0.05) is 16.1 Å². The van der Waals surface area contributed by atoms with Crippen LogP contribution in [0.3, 0.4) is 0 Å². The van der Waals surface area contributed by atoms with Crippen molar-refractivity contribution in [1.82, 2.24) is 0 Å². The van der Waals surface area contributed by atoms with Gasteiger partial charge in [0.15, 0.2) is 0 Å². The summed E-state index contributed by atoms with van der Waals surface area (Å²) >= 11 is 2.04. The van der Waals surface area contributed by atoms with Crippen LogP contribution >= 0.6 is 37.8 Å². The number of methoxy groups -OCH3 is 1. The molecule has 0 spiro atoms. The zero-order chi connectivity index (χ0) is 17.6. The summed E-state index contributed by atoms with van der Waals surface area (Å²) in [6.07, 6.45) is 0. The van der Waals surface area contributed by atoms with Gasteiger partial charge in [-0.15, -0.1) is 0 Å². The SMILES string of the molecule is COC(C(C)(C)c1cccc(I)c1C)(P(=O)(O)O)P(=O)(O)O. The minimum Gasteiger partial charge on any atom is -0.355 e. The summed E-state index contributed by atoms with van der Waals surface area (Å²) < 4.78 is 29.7. The van der Waals surface area contributed by atoms with E-state index in [1.165, 1.54) is 13.8 Å². The van der Waals surface area contributed by atoms with Gasteiger partial charge < -0.3 is 24.3 Å². The van der Waals surface area contributed by atoms with Crippen LogP contribution in [0.1, 0.15) is 25.0 Å². The summed E-state index contributed by atoms with van der Waals surface area (Å²) in [6.45, 7) is 4.43. The largest absolute Gasteiger partial charge is 0.370 e. The van der Waals surface area contributed by atoms with Gasteiger partial charge in [0.2, 0.25) is 0 Å². The van der Waals surface area contributed by atoms with Crippen molar-refractivity contribution in [2.24, 2.45) is 0 Å². The molecule has 7 nitrogen and oxygen atoms in total. The summed E-state index contributed by atoms with van der Waals surface area (Å²) in [7, 11) is -9.78. The van der Waals surface area contributed by atoms with Gasteiger partial charge in [0.1, 0.15) is 0 Å². The Hall–Kier alpha value is 0.210. The van der Waals surface area contributed by atoms with Crippen LogP contribution in [0.5, 0.6) is 0 Å². The Kier molecular flexibility index (Phi) is 5.76. The minimum atomic E-state index is -5.34. The molecule has 0 amide bonds. The molecule has 1 aromatic rings. The highest BCUT2D eigenvalue weighted by atomic mass is 127. The first kappa shape index (κ1) is 20.3. The highest BCUT2D eigenvalue weighted by molar-refractivity contribution is 14.1. The average Bonchev–Trinajstić information content (AvgIpc) is 2.29. The molecule has 1 rings (SSSR count). The van der Waals surface area contributed by atoms with Gasteiger partial charge in [0.25, 0.3) is 5.08 Å². The molecule has 22 heavy (non-hydrogen) atoms. The van der Waals surface area contributed by atoms with Gasteiger partial charge >= 0.3 is 15.2 Å². The number of hydrogen-bond acceptors (Lipinski definition) is 3. The maximum Gasteiger partial charge on any atom is 0.370 e. The molecule has 0 unspecified atom stereocenters. The number of hydrogen-bond donors (Lipinski definition) is 4. The van der Waals surface area contributed by atoms with Crippen molar-refractivity contribution in [3.63, 3.8) is 0 Å². The van der Waals surface area contributed by atoms with Crippen LogP contribution < -0.4 is 0 Å². The Morgan fingerprint density at radius 3 is 1.91 bits per heavy atom. The third-order valence-corrected chi connectivity index (χ3v) is 9.62. The molecule has 0 aromatic heterocycles. The van der Waals surface area contributed by atoms with Crippen LogP contribution in [0.4, 0.5) is 0 Å². The Morgan fingerprint density at radius 2 is 1.55 bits per heavy atom. The predicted molar refractivity (Wildman–Crippen MR) is 90.8 cm³/mol. The van der Waals surface area contributed by atoms with Crippen LogP contribution in [-0.2, 0) is 19.3 Å². The third-order valence-electron chi connectivity index (χ3n) is 3.83. The maximum atomic E-state index is 12.0. The van der Waals surface area contributed by atoms with Crippen LogP contribution in [0.15, 0.2) is 18.2 Å². The van der Waals surface area contributed by atoms with Crippen molar-refractivity contribution in [3.05, 3.63) is 32.9 Å². The highest BCUT2D eigenvalue weighted by Crippen LogP contribution is 2.75. The van der Waals surface area contributed by atoms with Gasteiger partial charge in [-0.25, -0.2) is 0 Å². The molecule has 0 aliphatic heterocycles. The third kappa shape index (κ3) is 2.96. The monoisotopic (exact) mass is 464 g/mol. The molecular weight excluding hydrogens is 445 g/mol. The van der Waals surface area contributed by atoms with E-state index in [2.05, 4.69) is 0 Å². The van der Waals surface area contributed by atoms with Gasteiger partial charge in [-0.2, -0.15) is 0 Å². The van der Waals surface area contributed by atoms with Crippen molar-refractivity contribution in [1.29, 1.82) is 0 Å². The Bertz CT molecular complexity index is 639. The van der Waals surface area contributed by atoms with E-state index in [9.17, 15) is 28.7 Å². The van der Waals surface area contributed by atoms with Crippen LogP contribution in [0.25, 0.3) is 0 Å². The summed E-state index contributed by atoms with van der Waals surface area (Å²) in [5.41, 5.74) is -0.574. The van der Waals surface area contributed by atoms with E-state index < -0.39 is 25.7 Å². The standard InChI is InChI=1S/C12H19IO7P2/c1-8-9(6-5-7-10(8)13)11(2,3)12(20-4,21(14,15)16)22(17,18)19/h5-7H,1-4H3,(H2,14,15,16)(H2,17,18,19). The first-order valence-electron chi connectivity index (χ1n) is 6.16. The molecular formula is C12H19IO7P2. The Balaban J connectivity index is 3.86. The van der Waals surface area contributed by atoms with Crippen LogP contribution in [-0.4, -0.2) is 31.8 Å². The van der Waals surface area contributed by atoms with E-state index in [1.807, 2.05) is 22.6 Å². The number of ether oxygens (including phenoxy) is 1. The fourth-order valence-electron chi connectivity index (χ4n) is 2.85. The van der Waals surface area contributed by atoms with Gasteiger partial charge in [-0.1, -0.05) is 26.0 Å². The molecule has 0 atom stereocenters. The van der Waals surface area contributed by atoms with Crippen molar-refractivity contribution in [3.8, 4) is 0 Å². The molecule has 0 bridgehead atoms. The zero-order valence-corrected chi connectivity index (χ0v) is 16.5. The number of benzene rings is 1. The lowest BCUT2D eigenvalue weighted by molar-refractivity contribution is 0.0277. The van der Waals surface area contributed by atoms with Gasteiger partial charge in [0.05, 0.1) is 0 Å². The van der Waals surface area contributed by atoms with E-state index in [4.69, 9.17) is 4.74 Å². The molecule has 0 aliphatic rings. The second-order valence-electron chi connectivity index (χ2n) is 5.44. The number of rotatable bonds is 5. The topological polar surface area (TPSA) is 124 Å². The number of halogens is 1. The normalized spacial score (nSPS) is 14.2. The van der Waals surface area contributed by atoms with Crippen molar-refractivity contribution >= 4 is 37.8 Å². The fraction of sp³-hybridized carbons (Fsp3) is 0.500. The van der Waals surface area contributed by atoms with Gasteiger partial charge in [-0.3, -0.25) is 9.13 Å². The predicted octanol–water partition coefficient (Wildman–Crippen LogP) is 2.53. The molecule has 0 heterocycles. The molecule has 126 valence electrons. The van der Waals surface area contributed by atoms with Crippen molar-refractivity contribution in [2.75, 3.05) is 7.11 Å². The van der Waals surface area contributed by atoms with E-state index in [0.29, 0.717) is 11.1 Å². The van der Waals surface area contributed by atoms with E-state index in [-0.39, 0.29) is 0 Å². The highest BCUT2D eigenvalue weighted by Gasteiger charge is 2.70. The van der Waals surface area contributed by atoms with Gasteiger partial charge in [-0.05, 0) is 46.7 Å². The van der Waals surface area contributed by atoms with E-state index >= 15 is 0 Å². The van der Waals surface area contributed by atoms with Crippen molar-refractivity contribution < 1.29 is 33.4 Å². The second-order valence-corrected chi connectivity index (χ2v) is 10.4. The zero-order valence-electron chi connectivity index (χ0n) is 12.5. The summed E-state index contributed by atoms with van der Waals surface area (Å²) in [6, 6.07) is 5.03. The summed E-state index contributed by atoms with van der Waals surface area (Å²) in [5, 5.41) is -2.97. The summed E-state index contributed by atoms with van der Waals surface area (Å²) in [4.78, 5) is 38.9. The molecule has 0 fully saturated rings. The lowest BCUT2D eigenvalue weighted by Crippen LogP contribution is -2.49. The van der Waals surface area contributed by atoms with E-state index in [0.717, 1.165) is 10.7 Å². The first-order chi connectivity index (χ1) is 9.74. The maximum absolute atomic E-state index is 12.0. The molecule has 4 N–H and O–H groups in total. The lowest BCUT2D eigenvalue weighted by Gasteiger charge is -2.45. The van der Waals surface area contributed by atoms with E-state index in [1.54, 1.807) is 25.1 Å². The smallest absolute Gasteiger partial charge is 0.355 e. The molecule has 0 radical (unpaired) electrons. The lowest BCUT2D eigenvalue weighted by atomic mass is 9.82. The average molecular weight is 464 g/mol. The van der Waals surface area contributed by atoms with Crippen LogP contribution in [0, 0.1) is 10.5 Å². The molecule has 1 aromatic carbocycles. The minimum absolute atomic E-state index is 0.396. The van der Waals surface area contributed by atoms with Crippen molar-refractivity contribution in [2.45, 2.75) is 31.3 Å². The summed E-state index contributed by atoms with van der Waals surface area (Å²) in [5.74, 6) is 0. The molecule has 10 heteroatoms. The molecule has 0 aliphatic carbocycles. The first-order valence-corrected chi connectivity index (χ1v) is 10.5. The quantitative estimate of drug-likeness (QED) is 0.390. The fourth-order valence-corrected chi connectivity index (χ4v) is 6.88. The van der Waals surface area contributed by atoms with Crippen LogP contribution in [0.2, 0.25) is 0 Å². The molecule has 0 saturated carbocycles. The Morgan fingerprint density at radius 1 is 1.09 bits per heavy atom. The second kappa shape index (κ2) is 6.26. The Labute approximate surface area is 142 Å².